The minimum Gasteiger partial charge on any atom is -0.488 e. The van der Waals surface area contributed by atoms with Crippen molar-refractivity contribution in [2.75, 3.05) is 19.8 Å². The Bertz CT molecular complexity index is 1780. The van der Waals surface area contributed by atoms with Crippen molar-refractivity contribution in [2.45, 2.75) is 45.9 Å². The lowest BCUT2D eigenvalue weighted by atomic mass is 9.82. The first-order chi connectivity index (χ1) is 22.6. The fraction of sp³-hybridized carbons (Fsp3) is 0.314. The van der Waals surface area contributed by atoms with Crippen LogP contribution in [0.1, 0.15) is 48.9 Å². The largest absolute Gasteiger partial charge is 0.488 e. The zero-order valence-corrected chi connectivity index (χ0v) is 26.7. The molecule has 3 N–H and O–H groups in total. The Labute approximate surface area is 277 Å². The molecule has 12 heteroatoms. The van der Waals surface area contributed by atoms with Gasteiger partial charge < -0.3 is 29.2 Å². The van der Waals surface area contributed by atoms with Gasteiger partial charge >= 0.3 is 11.9 Å². The number of aromatic nitrogens is 1. The summed E-state index contributed by atoms with van der Waals surface area (Å²) in [6.07, 6.45) is 5.46. The van der Waals surface area contributed by atoms with Crippen molar-refractivity contribution in [3.8, 4) is 29.1 Å². The number of carbonyl (C=O) groups is 2. The quantitative estimate of drug-likeness (QED) is 0.204. The molecule has 0 radical (unpaired) electrons. The zero-order chi connectivity index (χ0) is 33.5. The number of nitrogens with zero attached hydrogens (tertiary/aromatic N) is 2. The average molecular weight is 660 g/mol. The molecule has 2 aromatic carbocycles. The summed E-state index contributed by atoms with van der Waals surface area (Å²) in [6, 6.07) is 11.6. The number of hydrogen-bond acceptors (Lipinski definition) is 9. The summed E-state index contributed by atoms with van der Waals surface area (Å²) in [5.74, 6) is -0.167. The average Bonchev–Trinajstić information content (AvgIpc) is 3.06. The number of aliphatic carboxylic acids is 2. The lowest BCUT2D eigenvalue weighted by Gasteiger charge is -2.27. The number of rotatable bonds is 13. The van der Waals surface area contributed by atoms with Gasteiger partial charge in [-0.3, -0.25) is 19.9 Å². The number of pyridine rings is 1. The van der Waals surface area contributed by atoms with Crippen LogP contribution in [0, 0.1) is 17.2 Å². The molecular formula is C35H34ClN3O8. The fourth-order valence-electron chi connectivity index (χ4n) is 5.49. The van der Waals surface area contributed by atoms with Crippen molar-refractivity contribution in [1.82, 2.24) is 10.3 Å². The first-order valence-corrected chi connectivity index (χ1v) is 15.4. The van der Waals surface area contributed by atoms with Gasteiger partial charge in [0.1, 0.15) is 50.0 Å². The van der Waals surface area contributed by atoms with E-state index in [2.05, 4.69) is 30.2 Å². The summed E-state index contributed by atoms with van der Waals surface area (Å²) in [7, 11) is 0. The molecule has 1 aliphatic carbocycles. The second-order valence-electron chi connectivity index (χ2n) is 11.3. The minimum absolute atomic E-state index is 0.0406. The van der Waals surface area contributed by atoms with Gasteiger partial charge in [0.15, 0.2) is 11.5 Å². The highest BCUT2D eigenvalue weighted by Crippen LogP contribution is 2.40. The van der Waals surface area contributed by atoms with Crippen LogP contribution in [0.3, 0.4) is 0 Å². The van der Waals surface area contributed by atoms with E-state index in [1.807, 2.05) is 24.3 Å². The normalized spacial score (nSPS) is 16.1. The van der Waals surface area contributed by atoms with E-state index in [1.54, 1.807) is 24.4 Å². The molecule has 1 aromatic heterocycles. The fourth-order valence-corrected chi connectivity index (χ4v) is 5.73. The highest BCUT2D eigenvalue weighted by atomic mass is 35.5. The van der Waals surface area contributed by atoms with Crippen LogP contribution >= 0.6 is 11.6 Å². The second kappa shape index (κ2) is 15.0. The molecule has 0 saturated heterocycles. The molecule has 2 unspecified atom stereocenters. The molecule has 11 nitrogen and oxygen atoms in total. The van der Waals surface area contributed by atoms with Crippen LogP contribution in [0.25, 0.3) is 5.57 Å². The van der Waals surface area contributed by atoms with Gasteiger partial charge in [0, 0.05) is 36.1 Å². The summed E-state index contributed by atoms with van der Waals surface area (Å²) in [6.45, 7) is 5.52. The van der Waals surface area contributed by atoms with E-state index in [-0.39, 0.29) is 30.7 Å². The Morgan fingerprint density at radius 1 is 1.09 bits per heavy atom. The third-order valence-corrected chi connectivity index (χ3v) is 8.34. The van der Waals surface area contributed by atoms with Crippen LogP contribution in [-0.4, -0.2) is 53.0 Å². The number of ether oxygens (including phenoxy) is 4. The SMILES string of the molecule is CC1=C(COc2cc(OCc3cncc(C#N)c3)c(CNC(CC(=O)O)C(=O)O)cc2Cl)C(C)CC=C1c1ccc2c(c1)OCCO2. The number of benzene rings is 2. The van der Waals surface area contributed by atoms with Crippen molar-refractivity contribution in [2.24, 2.45) is 5.92 Å². The molecular weight excluding hydrogens is 626 g/mol. The maximum atomic E-state index is 11.6. The summed E-state index contributed by atoms with van der Waals surface area (Å²) in [5.41, 5.74) is 5.84. The van der Waals surface area contributed by atoms with Crippen molar-refractivity contribution in [3.63, 3.8) is 0 Å². The van der Waals surface area contributed by atoms with Crippen LogP contribution in [0.2, 0.25) is 5.02 Å². The lowest BCUT2D eigenvalue weighted by molar-refractivity contribution is -0.146. The molecule has 47 heavy (non-hydrogen) atoms. The number of hydrogen-bond donors (Lipinski definition) is 3. The van der Waals surface area contributed by atoms with Gasteiger partial charge in [-0.1, -0.05) is 30.7 Å². The predicted octanol–water partition coefficient (Wildman–Crippen LogP) is 5.79. The Balaban J connectivity index is 1.39. The van der Waals surface area contributed by atoms with E-state index in [0.717, 1.165) is 40.2 Å². The van der Waals surface area contributed by atoms with E-state index < -0.39 is 24.4 Å². The number of carboxylic acids is 2. The van der Waals surface area contributed by atoms with Crippen LogP contribution in [-0.2, 0) is 22.7 Å². The highest BCUT2D eigenvalue weighted by molar-refractivity contribution is 6.32. The molecule has 0 saturated carbocycles. The number of carboxylic acid groups (broad SMARTS) is 2. The molecule has 2 heterocycles. The van der Waals surface area contributed by atoms with E-state index >= 15 is 0 Å². The van der Waals surface area contributed by atoms with Gasteiger partial charge in [-0.15, -0.1) is 0 Å². The smallest absolute Gasteiger partial charge is 0.321 e. The van der Waals surface area contributed by atoms with E-state index in [0.29, 0.717) is 41.4 Å². The molecule has 5 rings (SSSR count). The number of allylic oxidation sites excluding steroid dienone is 3. The Kier molecular flexibility index (Phi) is 10.7. The Hall–Kier alpha value is -5.05. The van der Waals surface area contributed by atoms with Gasteiger partial charge in [0.25, 0.3) is 0 Å². The molecule has 0 amide bonds. The second-order valence-corrected chi connectivity index (χ2v) is 11.7. The molecule has 0 fully saturated rings. The van der Waals surface area contributed by atoms with Crippen molar-refractivity contribution in [3.05, 3.63) is 93.3 Å². The van der Waals surface area contributed by atoms with Gasteiger partial charge in [-0.2, -0.15) is 5.26 Å². The van der Waals surface area contributed by atoms with Crippen LogP contribution in [0.5, 0.6) is 23.0 Å². The third-order valence-electron chi connectivity index (χ3n) is 8.04. The highest BCUT2D eigenvalue weighted by Gasteiger charge is 2.24. The Morgan fingerprint density at radius 2 is 1.85 bits per heavy atom. The van der Waals surface area contributed by atoms with Crippen LogP contribution in [0.15, 0.2) is 66.0 Å². The zero-order valence-electron chi connectivity index (χ0n) is 25.9. The lowest BCUT2D eigenvalue weighted by Crippen LogP contribution is -2.38. The molecule has 0 bridgehead atoms. The van der Waals surface area contributed by atoms with Crippen molar-refractivity contribution in [1.29, 1.82) is 5.26 Å². The van der Waals surface area contributed by atoms with E-state index in [9.17, 15) is 20.0 Å². The van der Waals surface area contributed by atoms with Crippen LogP contribution < -0.4 is 24.3 Å². The number of halogens is 1. The maximum absolute atomic E-state index is 11.6. The van der Waals surface area contributed by atoms with Gasteiger partial charge in [0.2, 0.25) is 0 Å². The van der Waals surface area contributed by atoms with Gasteiger partial charge in [-0.25, -0.2) is 0 Å². The standard InChI is InChI=1S/C35H34ClN3O8/c1-20-3-5-26(24-4-6-30-33(11-24)45-8-7-44-30)21(2)27(20)19-47-32-13-31(46-18-23-9-22(14-37)15-38-16-23)25(10-28(32)36)17-39-29(35(42)43)12-34(40)41/h4-6,9-11,13,15-16,20,29,39H,3,7-8,12,17-19H2,1-2H3,(H,40,41)(H,42,43). The van der Waals surface area contributed by atoms with E-state index in [1.165, 1.54) is 6.20 Å². The molecule has 2 aliphatic rings. The number of nitrogens with one attached hydrogen (secondary N) is 1. The first-order valence-electron chi connectivity index (χ1n) is 15.0. The summed E-state index contributed by atoms with van der Waals surface area (Å²) in [4.78, 5) is 26.9. The van der Waals surface area contributed by atoms with E-state index in [4.69, 9.17) is 35.7 Å². The molecule has 3 aromatic rings. The molecule has 0 spiro atoms. The van der Waals surface area contributed by atoms with Crippen LogP contribution in [0.4, 0.5) is 0 Å². The number of nitriles is 1. The summed E-state index contributed by atoms with van der Waals surface area (Å²) >= 11 is 6.68. The summed E-state index contributed by atoms with van der Waals surface area (Å²) in [5, 5.41) is 30.9. The molecule has 1 aliphatic heterocycles. The van der Waals surface area contributed by atoms with Gasteiger partial charge in [-0.05, 0) is 65.8 Å². The van der Waals surface area contributed by atoms with Crippen molar-refractivity contribution < 1.29 is 38.7 Å². The monoisotopic (exact) mass is 659 g/mol. The maximum Gasteiger partial charge on any atom is 0.321 e. The number of fused-ring (bicyclic) bond motifs is 1. The first kappa shape index (κ1) is 33.3. The summed E-state index contributed by atoms with van der Waals surface area (Å²) < 4.78 is 23.9. The van der Waals surface area contributed by atoms with Gasteiger partial charge in [0.05, 0.1) is 17.0 Å². The molecule has 244 valence electrons. The predicted molar refractivity (Wildman–Crippen MR) is 173 cm³/mol. The Morgan fingerprint density at radius 3 is 2.60 bits per heavy atom. The minimum atomic E-state index is -1.33. The third kappa shape index (κ3) is 8.22. The topological polar surface area (TPSA) is 160 Å². The van der Waals surface area contributed by atoms with Crippen molar-refractivity contribution >= 4 is 29.1 Å². The molecule has 2 atom stereocenters.